The maximum atomic E-state index is 13.2. The minimum Gasteiger partial charge on any atom is -0.503 e. The zero-order valence-corrected chi connectivity index (χ0v) is 17.6. The molecule has 1 N–H and O–H groups in total. The number of Topliss-reactive ketones (excluding diaryl/α,β-unsaturated/α-hetero) is 1. The molecule has 30 heavy (non-hydrogen) atoms. The van der Waals surface area contributed by atoms with Gasteiger partial charge in [0.25, 0.3) is 5.91 Å². The van der Waals surface area contributed by atoms with Gasteiger partial charge in [-0.05, 0) is 36.5 Å². The minimum atomic E-state index is -0.681. The highest BCUT2D eigenvalue weighted by Crippen LogP contribution is 2.46. The Bertz CT molecular complexity index is 937. The fourth-order valence-electron chi connectivity index (χ4n) is 5.03. The van der Waals surface area contributed by atoms with Gasteiger partial charge < -0.3 is 14.4 Å². The number of amides is 1. The number of benzene rings is 1. The van der Waals surface area contributed by atoms with Gasteiger partial charge >= 0.3 is 0 Å². The number of hydrogen-bond donors (Lipinski definition) is 1. The first-order valence-electron chi connectivity index (χ1n) is 10.8. The molecule has 1 aromatic heterocycles. The summed E-state index contributed by atoms with van der Waals surface area (Å²) in [6.07, 6.45) is 5.97. The monoisotopic (exact) mass is 407 g/mol. The molecule has 1 aliphatic carbocycles. The Hall–Kier alpha value is -2.82. The summed E-state index contributed by atoms with van der Waals surface area (Å²) in [5.74, 6) is -0.459. The Balaban J connectivity index is 1.74. The average Bonchev–Trinajstić information content (AvgIpc) is 3.46. The van der Waals surface area contributed by atoms with Crippen molar-refractivity contribution in [3.63, 3.8) is 0 Å². The van der Waals surface area contributed by atoms with Gasteiger partial charge in [0.15, 0.2) is 11.5 Å². The van der Waals surface area contributed by atoms with Crippen LogP contribution in [-0.2, 0) is 15.0 Å². The molecule has 1 aromatic carbocycles. The van der Waals surface area contributed by atoms with Crippen LogP contribution >= 0.6 is 0 Å². The number of furan rings is 1. The summed E-state index contributed by atoms with van der Waals surface area (Å²) >= 11 is 0. The van der Waals surface area contributed by atoms with Crippen molar-refractivity contribution >= 4 is 11.7 Å². The van der Waals surface area contributed by atoms with E-state index in [-0.39, 0.29) is 29.1 Å². The lowest BCUT2D eigenvalue weighted by Crippen LogP contribution is -2.42. The molecule has 1 amide bonds. The van der Waals surface area contributed by atoms with Gasteiger partial charge in [0, 0.05) is 18.4 Å². The lowest BCUT2D eigenvalue weighted by atomic mass is 9.78. The Morgan fingerprint density at radius 1 is 1.17 bits per heavy atom. The van der Waals surface area contributed by atoms with Crippen molar-refractivity contribution < 1.29 is 19.1 Å². The molecule has 0 saturated heterocycles. The van der Waals surface area contributed by atoms with Gasteiger partial charge in [-0.1, -0.05) is 57.0 Å². The van der Waals surface area contributed by atoms with E-state index in [0.717, 1.165) is 25.7 Å². The molecule has 2 aromatic rings. The van der Waals surface area contributed by atoms with Gasteiger partial charge in [-0.3, -0.25) is 9.59 Å². The summed E-state index contributed by atoms with van der Waals surface area (Å²) in [7, 11) is 0. The first-order valence-corrected chi connectivity index (χ1v) is 10.8. The summed E-state index contributed by atoms with van der Waals surface area (Å²) in [5.41, 5.74) is 1.19. The van der Waals surface area contributed by atoms with Gasteiger partial charge in [-0.15, -0.1) is 0 Å². The van der Waals surface area contributed by atoms with E-state index in [1.165, 1.54) is 5.56 Å². The molecule has 0 bridgehead atoms. The van der Waals surface area contributed by atoms with Crippen molar-refractivity contribution in [2.45, 2.75) is 57.4 Å². The van der Waals surface area contributed by atoms with Crippen LogP contribution in [0.2, 0.25) is 0 Å². The molecule has 1 fully saturated rings. The third kappa shape index (κ3) is 3.57. The summed E-state index contributed by atoms with van der Waals surface area (Å²) in [5, 5.41) is 10.7. The van der Waals surface area contributed by atoms with Crippen molar-refractivity contribution in [2.75, 3.05) is 6.54 Å². The maximum Gasteiger partial charge on any atom is 0.290 e. The maximum absolute atomic E-state index is 13.2. The number of hydrogen-bond acceptors (Lipinski definition) is 4. The molecule has 158 valence electrons. The van der Waals surface area contributed by atoms with Gasteiger partial charge in [0.05, 0.1) is 11.8 Å². The van der Waals surface area contributed by atoms with E-state index >= 15 is 0 Å². The summed E-state index contributed by atoms with van der Waals surface area (Å²) in [6, 6.07) is 13.1. The van der Waals surface area contributed by atoms with Crippen LogP contribution in [0.15, 0.2) is 64.5 Å². The first kappa shape index (κ1) is 20.5. The second-order valence-electron chi connectivity index (χ2n) is 8.99. The lowest BCUT2D eigenvalue weighted by molar-refractivity contribution is -0.130. The lowest BCUT2D eigenvalue weighted by Gasteiger charge is -2.37. The van der Waals surface area contributed by atoms with Crippen molar-refractivity contribution in [3.8, 4) is 0 Å². The van der Waals surface area contributed by atoms with Crippen LogP contribution in [0, 0.1) is 5.92 Å². The van der Waals surface area contributed by atoms with Gasteiger partial charge in [-0.25, -0.2) is 0 Å². The number of carbonyl (C=O) groups is 2. The van der Waals surface area contributed by atoms with Crippen LogP contribution in [0.1, 0.15) is 63.3 Å². The molecular weight excluding hydrogens is 378 g/mol. The second-order valence-corrected chi connectivity index (χ2v) is 8.99. The Morgan fingerprint density at radius 3 is 2.47 bits per heavy atom. The number of ketones is 1. The molecule has 5 nitrogen and oxygen atoms in total. The van der Waals surface area contributed by atoms with Crippen molar-refractivity contribution in [1.29, 1.82) is 0 Å². The molecule has 0 radical (unpaired) electrons. The van der Waals surface area contributed by atoms with Crippen LogP contribution in [0.5, 0.6) is 0 Å². The van der Waals surface area contributed by atoms with E-state index in [2.05, 4.69) is 12.1 Å². The number of aliphatic hydroxyl groups is 1. The molecule has 5 heteroatoms. The Labute approximate surface area is 177 Å². The highest BCUT2D eigenvalue weighted by Gasteiger charge is 2.48. The number of nitrogens with zero attached hydrogens (tertiary/aromatic N) is 1. The standard InChI is InChI=1S/C25H29NO4/c1-17(2)15-19(27)21-22(20-11-8-14-30-20)26(24(29)23(21)28)16-25(12-6-7-13-25)18-9-4-3-5-10-18/h3-5,8-11,14,17,22,28H,6-7,12-13,15-16H2,1-2H3. The van der Waals surface area contributed by atoms with E-state index in [0.29, 0.717) is 12.3 Å². The molecule has 2 heterocycles. The summed E-state index contributed by atoms with van der Waals surface area (Å²) in [6.45, 7) is 4.35. The number of carbonyl (C=O) groups excluding carboxylic acids is 2. The van der Waals surface area contributed by atoms with Crippen molar-refractivity contribution in [1.82, 2.24) is 4.90 Å². The first-order chi connectivity index (χ1) is 14.4. The van der Waals surface area contributed by atoms with Crippen LogP contribution in [0.4, 0.5) is 0 Å². The fraction of sp³-hybridized carbons (Fsp3) is 0.440. The quantitative estimate of drug-likeness (QED) is 0.693. The van der Waals surface area contributed by atoms with Crippen LogP contribution in [-0.4, -0.2) is 28.2 Å². The number of rotatable bonds is 7. The van der Waals surface area contributed by atoms with Gasteiger partial charge in [0.1, 0.15) is 11.8 Å². The molecule has 2 aliphatic rings. The van der Waals surface area contributed by atoms with E-state index < -0.39 is 17.7 Å². The minimum absolute atomic E-state index is 0.129. The Kier molecular flexibility index (Phi) is 5.54. The largest absolute Gasteiger partial charge is 0.503 e. The molecule has 1 atom stereocenters. The van der Waals surface area contributed by atoms with Crippen LogP contribution in [0.25, 0.3) is 0 Å². The van der Waals surface area contributed by atoms with E-state index in [4.69, 9.17) is 4.42 Å². The molecular formula is C25H29NO4. The molecule has 1 aliphatic heterocycles. The third-order valence-corrected chi connectivity index (χ3v) is 6.43. The highest BCUT2D eigenvalue weighted by molar-refractivity contribution is 6.08. The molecule has 1 saturated carbocycles. The van der Waals surface area contributed by atoms with Gasteiger partial charge in [0.2, 0.25) is 0 Å². The summed E-state index contributed by atoms with van der Waals surface area (Å²) < 4.78 is 5.64. The van der Waals surface area contributed by atoms with E-state index in [9.17, 15) is 14.7 Å². The average molecular weight is 408 g/mol. The van der Waals surface area contributed by atoms with Crippen molar-refractivity contribution in [3.05, 3.63) is 71.4 Å². The summed E-state index contributed by atoms with van der Waals surface area (Å²) in [4.78, 5) is 27.9. The number of aliphatic hydroxyl groups excluding tert-OH is 1. The predicted octanol–water partition coefficient (Wildman–Crippen LogP) is 5.10. The van der Waals surface area contributed by atoms with Crippen LogP contribution in [0.3, 0.4) is 0 Å². The van der Waals surface area contributed by atoms with Crippen molar-refractivity contribution in [2.24, 2.45) is 5.92 Å². The SMILES string of the molecule is CC(C)CC(=O)C1=C(O)C(=O)N(CC2(c3ccccc3)CCCC2)C1c1ccco1. The topological polar surface area (TPSA) is 70.8 Å². The zero-order chi connectivity index (χ0) is 21.3. The predicted molar refractivity (Wildman–Crippen MR) is 114 cm³/mol. The van der Waals surface area contributed by atoms with E-state index in [1.54, 1.807) is 23.3 Å². The molecule has 0 spiro atoms. The third-order valence-electron chi connectivity index (χ3n) is 6.43. The Morgan fingerprint density at radius 2 is 1.87 bits per heavy atom. The smallest absolute Gasteiger partial charge is 0.290 e. The second kappa shape index (κ2) is 8.13. The molecule has 1 unspecified atom stereocenters. The zero-order valence-electron chi connectivity index (χ0n) is 17.6. The fourth-order valence-corrected chi connectivity index (χ4v) is 5.03. The van der Waals surface area contributed by atoms with E-state index in [1.807, 2.05) is 32.0 Å². The van der Waals surface area contributed by atoms with Crippen LogP contribution < -0.4 is 0 Å². The highest BCUT2D eigenvalue weighted by atomic mass is 16.3. The normalized spacial score (nSPS) is 21.1. The van der Waals surface area contributed by atoms with Gasteiger partial charge in [-0.2, -0.15) is 0 Å². The molecule has 4 rings (SSSR count).